The van der Waals surface area contributed by atoms with Crippen molar-refractivity contribution in [2.75, 3.05) is 13.1 Å². The highest BCUT2D eigenvalue weighted by Gasteiger charge is 2.43. The second-order valence-electron chi connectivity index (χ2n) is 11.4. The summed E-state index contributed by atoms with van der Waals surface area (Å²) in [4.78, 5) is 31.1. The van der Waals surface area contributed by atoms with E-state index in [1.165, 1.54) is 11.1 Å². The SMILES string of the molecule is Cc1ccccc1CN(CC(C)C)C1CCN(C(=O)C2CC2)[C@@H](C(=O)NC2CCC(N)CC2)C1. The highest BCUT2D eigenvalue weighted by molar-refractivity contribution is 5.89. The smallest absolute Gasteiger partial charge is 0.243 e. The highest BCUT2D eigenvalue weighted by atomic mass is 16.2. The molecule has 1 aromatic rings. The van der Waals surface area contributed by atoms with Crippen molar-refractivity contribution in [2.45, 2.75) is 103 Å². The van der Waals surface area contributed by atoms with Crippen LogP contribution in [0.1, 0.15) is 76.3 Å². The van der Waals surface area contributed by atoms with Crippen LogP contribution in [0.5, 0.6) is 0 Å². The summed E-state index contributed by atoms with van der Waals surface area (Å²) in [6.07, 6.45) is 7.39. The molecule has 1 aromatic carbocycles. The van der Waals surface area contributed by atoms with E-state index < -0.39 is 0 Å². The fourth-order valence-electron chi connectivity index (χ4n) is 5.73. The van der Waals surface area contributed by atoms with E-state index in [1.807, 2.05) is 4.90 Å². The molecule has 6 heteroatoms. The summed E-state index contributed by atoms with van der Waals surface area (Å²) in [7, 11) is 0. The minimum Gasteiger partial charge on any atom is -0.352 e. The van der Waals surface area contributed by atoms with Crippen LogP contribution >= 0.6 is 0 Å². The number of piperidine rings is 1. The monoisotopic (exact) mass is 468 g/mol. The Balaban J connectivity index is 1.49. The van der Waals surface area contributed by atoms with Crippen LogP contribution in [0.2, 0.25) is 0 Å². The second-order valence-corrected chi connectivity index (χ2v) is 11.4. The topological polar surface area (TPSA) is 78.7 Å². The van der Waals surface area contributed by atoms with Gasteiger partial charge in [-0.1, -0.05) is 38.1 Å². The molecule has 4 rings (SSSR count). The maximum atomic E-state index is 13.6. The molecule has 0 spiro atoms. The molecule has 1 saturated heterocycles. The molecule has 6 nitrogen and oxygen atoms in total. The van der Waals surface area contributed by atoms with Gasteiger partial charge in [-0.05, 0) is 75.3 Å². The van der Waals surface area contributed by atoms with Crippen LogP contribution < -0.4 is 11.1 Å². The summed E-state index contributed by atoms with van der Waals surface area (Å²) in [5.74, 6) is 0.908. The Morgan fingerprint density at radius 2 is 1.79 bits per heavy atom. The van der Waals surface area contributed by atoms with Gasteiger partial charge in [0.15, 0.2) is 0 Å². The molecule has 0 aromatic heterocycles. The number of nitrogens with two attached hydrogens (primary N) is 1. The number of likely N-dealkylation sites (tertiary alicyclic amines) is 1. The van der Waals surface area contributed by atoms with E-state index in [0.29, 0.717) is 18.5 Å². The van der Waals surface area contributed by atoms with Gasteiger partial charge in [0.1, 0.15) is 6.04 Å². The Kier molecular flexibility index (Phi) is 8.30. The Hall–Kier alpha value is -1.92. The van der Waals surface area contributed by atoms with Crippen LogP contribution in [0.15, 0.2) is 24.3 Å². The lowest BCUT2D eigenvalue weighted by Gasteiger charge is -2.44. The third-order valence-electron chi connectivity index (χ3n) is 7.96. The summed E-state index contributed by atoms with van der Waals surface area (Å²) in [6, 6.07) is 8.95. The fraction of sp³-hybridized carbons (Fsp3) is 0.714. The van der Waals surface area contributed by atoms with Crippen LogP contribution in [0.3, 0.4) is 0 Å². The van der Waals surface area contributed by atoms with E-state index in [1.54, 1.807) is 0 Å². The molecule has 188 valence electrons. The maximum Gasteiger partial charge on any atom is 0.243 e. The van der Waals surface area contributed by atoms with Crippen molar-refractivity contribution in [3.8, 4) is 0 Å². The van der Waals surface area contributed by atoms with Crippen molar-refractivity contribution >= 4 is 11.8 Å². The van der Waals surface area contributed by atoms with Gasteiger partial charge in [-0.25, -0.2) is 0 Å². The molecule has 1 aliphatic heterocycles. The third-order valence-corrected chi connectivity index (χ3v) is 7.96. The van der Waals surface area contributed by atoms with Crippen LogP contribution in [0.4, 0.5) is 0 Å². The van der Waals surface area contributed by atoms with Gasteiger partial charge in [0, 0.05) is 43.7 Å². The standard InChI is InChI=1S/C28H44N4O2/c1-19(2)17-31(18-22-7-5-4-6-20(22)3)25-14-15-32(28(34)21-8-9-21)26(16-25)27(33)30-24-12-10-23(29)11-13-24/h4-7,19,21,23-26H,8-18,29H2,1-3H3,(H,30,33)/t23?,24?,25?,26-/m1/s1. The van der Waals surface area contributed by atoms with E-state index in [0.717, 1.165) is 64.5 Å². The average molecular weight is 469 g/mol. The van der Waals surface area contributed by atoms with Gasteiger partial charge in [-0.2, -0.15) is 0 Å². The number of carbonyl (C=O) groups excluding carboxylic acids is 2. The molecular weight excluding hydrogens is 424 g/mol. The highest BCUT2D eigenvalue weighted by Crippen LogP contribution is 2.34. The lowest BCUT2D eigenvalue weighted by molar-refractivity contribution is -0.145. The van der Waals surface area contributed by atoms with Crippen LogP contribution in [0, 0.1) is 18.8 Å². The van der Waals surface area contributed by atoms with Crippen molar-refractivity contribution in [3.05, 3.63) is 35.4 Å². The van der Waals surface area contributed by atoms with Gasteiger partial charge >= 0.3 is 0 Å². The molecule has 3 N–H and O–H groups in total. The fourth-order valence-corrected chi connectivity index (χ4v) is 5.73. The number of nitrogens with zero attached hydrogens (tertiary/aromatic N) is 2. The van der Waals surface area contributed by atoms with Crippen molar-refractivity contribution in [1.29, 1.82) is 0 Å². The first-order valence-corrected chi connectivity index (χ1v) is 13.5. The van der Waals surface area contributed by atoms with Crippen molar-refractivity contribution in [2.24, 2.45) is 17.6 Å². The molecule has 3 fully saturated rings. The van der Waals surface area contributed by atoms with E-state index >= 15 is 0 Å². The Morgan fingerprint density at radius 1 is 1.09 bits per heavy atom. The first kappa shape index (κ1) is 25.2. The van der Waals surface area contributed by atoms with Gasteiger partial charge in [-0.3, -0.25) is 14.5 Å². The molecule has 34 heavy (non-hydrogen) atoms. The summed E-state index contributed by atoms with van der Waals surface area (Å²) in [5, 5.41) is 3.31. The van der Waals surface area contributed by atoms with Crippen molar-refractivity contribution in [3.63, 3.8) is 0 Å². The summed E-state index contributed by atoms with van der Waals surface area (Å²) >= 11 is 0. The second kappa shape index (κ2) is 11.2. The quantitative estimate of drug-likeness (QED) is 0.611. The number of carbonyl (C=O) groups is 2. The van der Waals surface area contributed by atoms with Crippen LogP contribution in [-0.2, 0) is 16.1 Å². The third kappa shape index (κ3) is 6.39. The van der Waals surface area contributed by atoms with Crippen molar-refractivity contribution in [1.82, 2.24) is 15.1 Å². The van der Waals surface area contributed by atoms with Gasteiger partial charge < -0.3 is 16.0 Å². The average Bonchev–Trinajstić information content (AvgIpc) is 3.66. The summed E-state index contributed by atoms with van der Waals surface area (Å²) in [6.45, 7) is 9.25. The molecule has 2 atom stereocenters. The van der Waals surface area contributed by atoms with Gasteiger partial charge in [0.05, 0.1) is 0 Å². The summed E-state index contributed by atoms with van der Waals surface area (Å²) < 4.78 is 0. The predicted octanol–water partition coefficient (Wildman–Crippen LogP) is 3.61. The summed E-state index contributed by atoms with van der Waals surface area (Å²) in [5.41, 5.74) is 8.72. The molecule has 0 radical (unpaired) electrons. The molecule has 2 amide bonds. The van der Waals surface area contributed by atoms with Crippen LogP contribution in [-0.4, -0.2) is 58.9 Å². The first-order chi connectivity index (χ1) is 16.3. The van der Waals surface area contributed by atoms with Gasteiger partial charge in [-0.15, -0.1) is 0 Å². The number of rotatable bonds is 8. The zero-order valence-corrected chi connectivity index (χ0v) is 21.3. The Labute approximate surface area is 205 Å². The lowest BCUT2D eigenvalue weighted by Crippen LogP contribution is -2.59. The predicted molar refractivity (Wildman–Crippen MR) is 136 cm³/mol. The largest absolute Gasteiger partial charge is 0.352 e. The number of hydrogen-bond donors (Lipinski definition) is 2. The lowest BCUT2D eigenvalue weighted by atomic mass is 9.90. The molecule has 2 saturated carbocycles. The number of hydrogen-bond acceptors (Lipinski definition) is 4. The zero-order chi connectivity index (χ0) is 24.2. The molecule has 3 aliphatic rings. The van der Waals surface area contributed by atoms with E-state index in [2.05, 4.69) is 55.3 Å². The Bertz CT molecular complexity index is 845. The number of nitrogens with one attached hydrogen (secondary N) is 1. The van der Waals surface area contributed by atoms with Gasteiger partial charge in [0.2, 0.25) is 11.8 Å². The first-order valence-electron chi connectivity index (χ1n) is 13.5. The minimum absolute atomic E-state index is 0.0413. The number of amides is 2. The zero-order valence-electron chi connectivity index (χ0n) is 21.3. The molecule has 1 heterocycles. The Morgan fingerprint density at radius 3 is 2.44 bits per heavy atom. The van der Waals surface area contributed by atoms with Crippen LogP contribution in [0.25, 0.3) is 0 Å². The van der Waals surface area contributed by atoms with E-state index in [4.69, 9.17) is 5.73 Å². The van der Waals surface area contributed by atoms with E-state index in [-0.39, 0.29) is 35.9 Å². The molecular formula is C28H44N4O2. The normalized spacial score (nSPS) is 27.8. The van der Waals surface area contributed by atoms with Gasteiger partial charge in [0.25, 0.3) is 0 Å². The molecule has 0 bridgehead atoms. The van der Waals surface area contributed by atoms with E-state index in [9.17, 15) is 9.59 Å². The van der Waals surface area contributed by atoms with Crippen molar-refractivity contribution < 1.29 is 9.59 Å². The minimum atomic E-state index is -0.367. The molecule has 1 unspecified atom stereocenters. The maximum absolute atomic E-state index is 13.6. The molecule has 2 aliphatic carbocycles. The number of benzene rings is 1. The number of aryl methyl sites for hydroxylation is 1.